The van der Waals surface area contributed by atoms with Gasteiger partial charge < -0.3 is 5.32 Å². The van der Waals surface area contributed by atoms with Crippen LogP contribution >= 0.6 is 0 Å². The van der Waals surface area contributed by atoms with Crippen LogP contribution < -0.4 is 5.32 Å². The maximum Gasteiger partial charge on any atom is 0.223 e. The maximum atomic E-state index is 11.6. The van der Waals surface area contributed by atoms with E-state index in [0.717, 1.165) is 19.3 Å². The molecular formula is C12H21NO. The molecule has 0 radical (unpaired) electrons. The summed E-state index contributed by atoms with van der Waals surface area (Å²) in [7, 11) is 0. The van der Waals surface area contributed by atoms with Gasteiger partial charge in [-0.2, -0.15) is 0 Å². The van der Waals surface area contributed by atoms with Crippen molar-refractivity contribution in [3.8, 4) is 0 Å². The van der Waals surface area contributed by atoms with Crippen LogP contribution in [0.2, 0.25) is 0 Å². The molecule has 0 bridgehead atoms. The third-order valence-electron chi connectivity index (χ3n) is 3.50. The van der Waals surface area contributed by atoms with Gasteiger partial charge in [-0.1, -0.05) is 20.3 Å². The molecule has 0 aromatic rings. The fourth-order valence-electron chi connectivity index (χ4n) is 2.49. The zero-order valence-corrected chi connectivity index (χ0v) is 9.31. The van der Waals surface area contributed by atoms with Crippen molar-refractivity contribution in [1.82, 2.24) is 5.32 Å². The quantitative estimate of drug-likeness (QED) is 0.720. The fourth-order valence-corrected chi connectivity index (χ4v) is 2.49. The molecule has 14 heavy (non-hydrogen) atoms. The Kier molecular flexibility index (Phi) is 2.54. The molecule has 2 aliphatic rings. The number of hydrogen-bond donors (Lipinski definition) is 1. The van der Waals surface area contributed by atoms with Gasteiger partial charge in [-0.15, -0.1) is 0 Å². The first-order valence-electron chi connectivity index (χ1n) is 5.87. The zero-order chi connectivity index (χ0) is 10.2. The van der Waals surface area contributed by atoms with Crippen molar-refractivity contribution < 1.29 is 4.79 Å². The Labute approximate surface area is 86.5 Å². The number of rotatable bonds is 2. The monoisotopic (exact) mass is 195 g/mol. The Morgan fingerprint density at radius 1 is 1.29 bits per heavy atom. The van der Waals surface area contributed by atoms with E-state index in [0.29, 0.717) is 23.3 Å². The summed E-state index contributed by atoms with van der Waals surface area (Å²) in [6.07, 6.45) is 7.14. The lowest BCUT2D eigenvalue weighted by molar-refractivity contribution is -0.123. The molecule has 2 aliphatic carbocycles. The van der Waals surface area contributed by atoms with Crippen molar-refractivity contribution >= 4 is 5.91 Å². The van der Waals surface area contributed by atoms with E-state index in [1.165, 1.54) is 19.3 Å². The van der Waals surface area contributed by atoms with E-state index in [4.69, 9.17) is 0 Å². The smallest absolute Gasteiger partial charge is 0.223 e. The Bertz CT molecular complexity index is 230. The predicted molar refractivity (Wildman–Crippen MR) is 56.9 cm³/mol. The third kappa shape index (κ3) is 2.49. The Hall–Kier alpha value is -0.530. The standard InChI is InChI=1S/C12H21NO/c1-12(2)7-3-4-10(8-12)13-11(14)9-5-6-9/h9-10H,3-8H2,1-2H3,(H,13,14). The second kappa shape index (κ2) is 3.56. The van der Waals surface area contributed by atoms with Crippen LogP contribution in [-0.4, -0.2) is 11.9 Å². The van der Waals surface area contributed by atoms with E-state index in [1.54, 1.807) is 0 Å². The second-order valence-electron chi connectivity index (χ2n) is 5.74. The number of hydrogen-bond acceptors (Lipinski definition) is 1. The van der Waals surface area contributed by atoms with Crippen molar-refractivity contribution in [1.29, 1.82) is 0 Å². The lowest BCUT2D eigenvalue weighted by Crippen LogP contribution is -2.41. The van der Waals surface area contributed by atoms with Gasteiger partial charge in [0.15, 0.2) is 0 Å². The minimum atomic E-state index is 0.313. The van der Waals surface area contributed by atoms with E-state index in [9.17, 15) is 4.79 Å². The molecule has 0 aromatic carbocycles. The van der Waals surface area contributed by atoms with E-state index in [2.05, 4.69) is 19.2 Å². The molecule has 0 aliphatic heterocycles. The lowest BCUT2D eigenvalue weighted by atomic mass is 9.75. The molecule has 80 valence electrons. The largest absolute Gasteiger partial charge is 0.353 e. The van der Waals surface area contributed by atoms with Gasteiger partial charge in [0.25, 0.3) is 0 Å². The Balaban J connectivity index is 1.82. The van der Waals surface area contributed by atoms with Crippen molar-refractivity contribution in [2.24, 2.45) is 11.3 Å². The van der Waals surface area contributed by atoms with Crippen LogP contribution in [0.5, 0.6) is 0 Å². The first-order valence-corrected chi connectivity index (χ1v) is 5.87. The molecule has 1 atom stereocenters. The number of amides is 1. The van der Waals surface area contributed by atoms with Gasteiger partial charge in [-0.3, -0.25) is 4.79 Å². The van der Waals surface area contributed by atoms with Crippen LogP contribution in [0.1, 0.15) is 52.4 Å². The molecule has 0 spiro atoms. The highest BCUT2D eigenvalue weighted by molar-refractivity contribution is 5.81. The summed E-state index contributed by atoms with van der Waals surface area (Å²) in [6.45, 7) is 4.62. The first kappa shape index (κ1) is 10.0. The summed E-state index contributed by atoms with van der Waals surface area (Å²) in [5, 5.41) is 3.20. The SMILES string of the molecule is CC1(C)CCCC(NC(=O)C2CC2)C1. The zero-order valence-electron chi connectivity index (χ0n) is 9.31. The van der Waals surface area contributed by atoms with Gasteiger partial charge in [0, 0.05) is 12.0 Å². The molecule has 2 saturated carbocycles. The van der Waals surface area contributed by atoms with Gasteiger partial charge in [-0.25, -0.2) is 0 Å². The van der Waals surface area contributed by atoms with Crippen molar-refractivity contribution in [2.45, 2.75) is 58.4 Å². The van der Waals surface area contributed by atoms with Crippen molar-refractivity contribution in [3.05, 3.63) is 0 Å². The number of nitrogens with one attached hydrogen (secondary N) is 1. The molecule has 2 heteroatoms. The second-order valence-corrected chi connectivity index (χ2v) is 5.74. The highest BCUT2D eigenvalue weighted by atomic mass is 16.2. The molecular weight excluding hydrogens is 174 g/mol. The van der Waals surface area contributed by atoms with Gasteiger partial charge in [-0.05, 0) is 37.5 Å². The average Bonchev–Trinajstić information content (AvgIpc) is 2.83. The minimum Gasteiger partial charge on any atom is -0.353 e. The molecule has 2 nitrogen and oxygen atoms in total. The van der Waals surface area contributed by atoms with Crippen LogP contribution in [0.4, 0.5) is 0 Å². The molecule has 0 aromatic heterocycles. The highest BCUT2D eigenvalue weighted by Gasteiger charge is 2.33. The fraction of sp³-hybridized carbons (Fsp3) is 0.917. The van der Waals surface area contributed by atoms with Gasteiger partial charge in [0.2, 0.25) is 5.91 Å². The summed E-state index contributed by atoms with van der Waals surface area (Å²) >= 11 is 0. The Morgan fingerprint density at radius 3 is 2.57 bits per heavy atom. The minimum absolute atomic E-state index is 0.313. The van der Waals surface area contributed by atoms with Crippen LogP contribution in [0, 0.1) is 11.3 Å². The summed E-state index contributed by atoms with van der Waals surface area (Å²) in [6, 6.07) is 0.451. The number of carbonyl (C=O) groups is 1. The maximum absolute atomic E-state index is 11.6. The summed E-state index contributed by atoms with van der Waals surface area (Å²) in [4.78, 5) is 11.6. The van der Waals surface area contributed by atoms with E-state index >= 15 is 0 Å². The molecule has 1 N–H and O–H groups in total. The van der Waals surface area contributed by atoms with Gasteiger partial charge in [0.1, 0.15) is 0 Å². The third-order valence-corrected chi connectivity index (χ3v) is 3.50. The van der Waals surface area contributed by atoms with Gasteiger partial charge >= 0.3 is 0 Å². The van der Waals surface area contributed by atoms with E-state index in [-0.39, 0.29) is 0 Å². The summed E-state index contributed by atoms with van der Waals surface area (Å²) in [5.41, 5.74) is 0.430. The van der Waals surface area contributed by atoms with Crippen LogP contribution in [0.25, 0.3) is 0 Å². The molecule has 1 amide bonds. The van der Waals surface area contributed by atoms with Crippen LogP contribution in [0.15, 0.2) is 0 Å². The summed E-state index contributed by atoms with van der Waals surface area (Å²) < 4.78 is 0. The van der Waals surface area contributed by atoms with Crippen molar-refractivity contribution in [2.75, 3.05) is 0 Å². The molecule has 2 rings (SSSR count). The predicted octanol–water partition coefficient (Wildman–Crippen LogP) is 2.48. The van der Waals surface area contributed by atoms with Crippen LogP contribution in [-0.2, 0) is 4.79 Å². The molecule has 0 saturated heterocycles. The topological polar surface area (TPSA) is 29.1 Å². The van der Waals surface area contributed by atoms with E-state index in [1.807, 2.05) is 0 Å². The van der Waals surface area contributed by atoms with Crippen LogP contribution in [0.3, 0.4) is 0 Å². The first-order chi connectivity index (χ1) is 6.57. The Morgan fingerprint density at radius 2 is 2.00 bits per heavy atom. The molecule has 1 unspecified atom stereocenters. The average molecular weight is 195 g/mol. The van der Waals surface area contributed by atoms with Gasteiger partial charge in [0.05, 0.1) is 0 Å². The summed E-state index contributed by atoms with van der Waals surface area (Å²) in [5.74, 6) is 0.674. The highest BCUT2D eigenvalue weighted by Crippen LogP contribution is 2.36. The van der Waals surface area contributed by atoms with Crippen molar-refractivity contribution in [3.63, 3.8) is 0 Å². The number of carbonyl (C=O) groups excluding carboxylic acids is 1. The van der Waals surface area contributed by atoms with E-state index < -0.39 is 0 Å². The molecule has 0 heterocycles. The molecule has 2 fully saturated rings. The normalized spacial score (nSPS) is 31.1. The lowest BCUT2D eigenvalue weighted by Gasteiger charge is -2.35.